The molecule has 1 heterocycles. The van der Waals surface area contributed by atoms with Crippen molar-refractivity contribution in [2.45, 2.75) is 6.92 Å². The van der Waals surface area contributed by atoms with Crippen molar-refractivity contribution in [1.82, 2.24) is 4.98 Å². The van der Waals surface area contributed by atoms with Crippen molar-refractivity contribution in [3.8, 4) is 0 Å². The van der Waals surface area contributed by atoms with Crippen molar-refractivity contribution in [1.29, 1.82) is 0 Å². The molecule has 0 aliphatic rings. The number of amides is 1. The van der Waals surface area contributed by atoms with Crippen molar-refractivity contribution in [3.63, 3.8) is 0 Å². The van der Waals surface area contributed by atoms with Crippen LogP contribution in [0.2, 0.25) is 5.02 Å². The molecule has 4 nitrogen and oxygen atoms in total. The number of pyridine rings is 1. The molecule has 0 bridgehead atoms. The number of aromatic nitrogens is 1. The summed E-state index contributed by atoms with van der Waals surface area (Å²) in [6.07, 6.45) is 1.48. The van der Waals surface area contributed by atoms with Crippen LogP contribution in [-0.2, 0) is 4.79 Å². The zero-order chi connectivity index (χ0) is 12.7. The Bertz CT molecular complexity index is 359. The summed E-state index contributed by atoms with van der Waals surface area (Å²) in [6, 6.07) is 3.33. The number of hydrogen-bond donors (Lipinski definition) is 2. The van der Waals surface area contributed by atoms with E-state index in [0.717, 1.165) is 5.75 Å². The zero-order valence-electron chi connectivity index (χ0n) is 9.52. The maximum absolute atomic E-state index is 11.5. The Kier molecular flexibility index (Phi) is 6.32. The van der Waals surface area contributed by atoms with Gasteiger partial charge in [0.2, 0.25) is 5.91 Å². The molecule has 0 aliphatic heterocycles. The van der Waals surface area contributed by atoms with Gasteiger partial charge >= 0.3 is 0 Å². The minimum absolute atomic E-state index is 0.102. The van der Waals surface area contributed by atoms with Crippen molar-refractivity contribution in [3.05, 3.63) is 23.4 Å². The first-order valence-corrected chi connectivity index (χ1v) is 6.75. The Morgan fingerprint density at radius 3 is 3.00 bits per heavy atom. The van der Waals surface area contributed by atoms with Crippen LogP contribution in [0.4, 0.5) is 5.82 Å². The fourth-order valence-electron chi connectivity index (χ4n) is 1.03. The molecule has 6 heteroatoms. The molecule has 1 amide bonds. The van der Waals surface area contributed by atoms with E-state index in [1.165, 1.54) is 18.0 Å². The number of nitrogens with zero attached hydrogens (tertiary/aromatic N) is 1. The first kappa shape index (κ1) is 14.3. The number of aliphatic hydroxyl groups is 1. The van der Waals surface area contributed by atoms with Gasteiger partial charge in [0, 0.05) is 12.8 Å². The first-order chi connectivity index (χ1) is 8.11. The molecule has 1 unspecified atom stereocenters. The Balaban J connectivity index is 2.27. The molecule has 0 spiro atoms. The van der Waals surface area contributed by atoms with Crippen LogP contribution in [0.25, 0.3) is 0 Å². The third-order valence-corrected chi connectivity index (χ3v) is 3.44. The molecule has 1 rings (SSSR count). The molecular weight excluding hydrogens is 260 g/mol. The van der Waals surface area contributed by atoms with Crippen LogP contribution in [0.3, 0.4) is 0 Å². The second-order valence-corrected chi connectivity index (χ2v) is 5.18. The van der Waals surface area contributed by atoms with Crippen molar-refractivity contribution < 1.29 is 9.90 Å². The van der Waals surface area contributed by atoms with Crippen LogP contribution in [0, 0.1) is 5.92 Å². The number of hydrogen-bond acceptors (Lipinski definition) is 4. The molecular formula is C11H15ClN2O2S. The summed E-state index contributed by atoms with van der Waals surface area (Å²) in [5.74, 6) is 1.72. The lowest BCUT2D eigenvalue weighted by atomic mass is 10.2. The van der Waals surface area contributed by atoms with Crippen molar-refractivity contribution in [2.75, 3.05) is 23.4 Å². The molecule has 0 saturated heterocycles. The monoisotopic (exact) mass is 274 g/mol. The lowest BCUT2D eigenvalue weighted by Gasteiger charge is -2.07. The van der Waals surface area contributed by atoms with E-state index >= 15 is 0 Å². The highest BCUT2D eigenvalue weighted by atomic mass is 35.5. The third-order valence-electron chi connectivity index (χ3n) is 1.94. The average Bonchev–Trinajstić information content (AvgIpc) is 2.32. The number of anilines is 1. The third kappa shape index (κ3) is 5.91. The number of halogens is 1. The molecule has 94 valence electrons. The average molecular weight is 275 g/mol. The maximum Gasteiger partial charge on any atom is 0.235 e. The number of carbonyl (C=O) groups is 1. The van der Waals surface area contributed by atoms with Crippen LogP contribution in [-0.4, -0.2) is 34.1 Å². The zero-order valence-corrected chi connectivity index (χ0v) is 11.1. The Hall–Kier alpha value is -0.780. The minimum Gasteiger partial charge on any atom is -0.396 e. The number of nitrogens with one attached hydrogen (secondary N) is 1. The summed E-state index contributed by atoms with van der Waals surface area (Å²) in [5.41, 5.74) is 0. The van der Waals surface area contributed by atoms with E-state index < -0.39 is 0 Å². The quantitative estimate of drug-likeness (QED) is 0.833. The normalized spacial score (nSPS) is 12.2. The summed E-state index contributed by atoms with van der Waals surface area (Å²) in [7, 11) is 0. The second kappa shape index (κ2) is 7.53. The molecule has 0 aliphatic carbocycles. The fourth-order valence-corrected chi connectivity index (χ4v) is 2.03. The molecule has 1 aromatic heterocycles. The molecule has 1 aromatic rings. The number of rotatable bonds is 6. The Morgan fingerprint density at radius 1 is 1.65 bits per heavy atom. The van der Waals surface area contributed by atoms with Gasteiger partial charge in [-0.2, -0.15) is 11.8 Å². The summed E-state index contributed by atoms with van der Waals surface area (Å²) in [4.78, 5) is 15.5. The summed E-state index contributed by atoms with van der Waals surface area (Å²) >= 11 is 7.17. The molecule has 17 heavy (non-hydrogen) atoms. The molecule has 1 atom stereocenters. The van der Waals surface area contributed by atoms with Gasteiger partial charge in [-0.1, -0.05) is 18.5 Å². The van der Waals surface area contributed by atoms with E-state index in [1.54, 1.807) is 12.1 Å². The predicted molar refractivity (Wildman–Crippen MR) is 71.5 cm³/mol. The lowest BCUT2D eigenvalue weighted by Crippen LogP contribution is -2.16. The highest BCUT2D eigenvalue weighted by Gasteiger charge is 2.05. The van der Waals surface area contributed by atoms with Crippen LogP contribution in [0.15, 0.2) is 18.3 Å². The van der Waals surface area contributed by atoms with Crippen LogP contribution < -0.4 is 5.32 Å². The topological polar surface area (TPSA) is 62.2 Å². The smallest absolute Gasteiger partial charge is 0.235 e. The number of thioether (sulfide) groups is 1. The lowest BCUT2D eigenvalue weighted by molar-refractivity contribution is -0.113. The van der Waals surface area contributed by atoms with Gasteiger partial charge in [-0.25, -0.2) is 4.98 Å². The second-order valence-electron chi connectivity index (χ2n) is 3.71. The Labute approximate surface area is 110 Å². The van der Waals surface area contributed by atoms with E-state index in [2.05, 4.69) is 10.3 Å². The highest BCUT2D eigenvalue weighted by Crippen LogP contribution is 2.11. The molecule has 0 aromatic carbocycles. The minimum atomic E-state index is -0.102. The van der Waals surface area contributed by atoms with E-state index in [-0.39, 0.29) is 18.4 Å². The summed E-state index contributed by atoms with van der Waals surface area (Å²) < 4.78 is 0. The van der Waals surface area contributed by atoms with E-state index in [9.17, 15) is 4.79 Å². The molecule has 2 N–H and O–H groups in total. The number of carbonyl (C=O) groups excluding carboxylic acids is 1. The van der Waals surface area contributed by atoms with Gasteiger partial charge in [-0.15, -0.1) is 0 Å². The van der Waals surface area contributed by atoms with Crippen molar-refractivity contribution >= 4 is 35.1 Å². The molecule has 0 radical (unpaired) electrons. The standard InChI is InChI=1S/C11H15ClN2O2S/c1-8(5-15)6-17-7-11(16)14-10-3-2-9(12)4-13-10/h2-4,8,15H,5-7H2,1H3,(H,13,14,16). The first-order valence-electron chi connectivity index (χ1n) is 5.22. The SMILES string of the molecule is CC(CO)CSCC(=O)Nc1ccc(Cl)cn1. The van der Waals surface area contributed by atoms with E-state index in [4.69, 9.17) is 16.7 Å². The number of aliphatic hydroxyl groups excluding tert-OH is 1. The van der Waals surface area contributed by atoms with E-state index in [0.29, 0.717) is 16.6 Å². The summed E-state index contributed by atoms with van der Waals surface area (Å²) in [5, 5.41) is 12.0. The fraction of sp³-hybridized carbons (Fsp3) is 0.455. The molecule has 0 fully saturated rings. The van der Waals surface area contributed by atoms with E-state index in [1.807, 2.05) is 6.92 Å². The van der Waals surface area contributed by atoms with Gasteiger partial charge in [0.15, 0.2) is 0 Å². The van der Waals surface area contributed by atoms with Crippen LogP contribution >= 0.6 is 23.4 Å². The van der Waals surface area contributed by atoms with Gasteiger partial charge in [-0.3, -0.25) is 4.79 Å². The highest BCUT2D eigenvalue weighted by molar-refractivity contribution is 7.99. The van der Waals surface area contributed by atoms with Gasteiger partial charge < -0.3 is 10.4 Å². The van der Waals surface area contributed by atoms with Gasteiger partial charge in [0.05, 0.1) is 10.8 Å². The van der Waals surface area contributed by atoms with Crippen LogP contribution in [0.5, 0.6) is 0 Å². The predicted octanol–water partition coefficient (Wildman–Crippen LogP) is 2.04. The van der Waals surface area contributed by atoms with Crippen LogP contribution in [0.1, 0.15) is 6.92 Å². The Morgan fingerprint density at radius 2 is 2.41 bits per heavy atom. The molecule has 0 saturated carbocycles. The summed E-state index contributed by atoms with van der Waals surface area (Å²) in [6.45, 7) is 2.08. The largest absolute Gasteiger partial charge is 0.396 e. The van der Waals surface area contributed by atoms with Gasteiger partial charge in [-0.05, 0) is 23.8 Å². The van der Waals surface area contributed by atoms with Gasteiger partial charge in [0.1, 0.15) is 5.82 Å². The maximum atomic E-state index is 11.5. The van der Waals surface area contributed by atoms with Crippen molar-refractivity contribution in [2.24, 2.45) is 5.92 Å². The van der Waals surface area contributed by atoms with Gasteiger partial charge in [0.25, 0.3) is 0 Å².